The average molecular weight is 332 g/mol. The average Bonchev–Trinajstić information content (AvgIpc) is 2.61. The fraction of sp³-hybridized carbons (Fsp3) is 0.167. The van der Waals surface area contributed by atoms with Gasteiger partial charge in [0.05, 0.1) is 7.11 Å². The quantitative estimate of drug-likeness (QED) is 0.633. The Morgan fingerprint density at radius 1 is 1.12 bits per heavy atom. The molecule has 0 N–H and O–H groups in total. The number of fused-ring (bicyclic) bond motifs is 1. The summed E-state index contributed by atoms with van der Waals surface area (Å²) in [5.41, 5.74) is 0.724. The van der Waals surface area contributed by atoms with E-state index in [1.807, 2.05) is 0 Å². The van der Waals surface area contributed by atoms with Crippen LogP contribution in [0.2, 0.25) is 0 Å². The Morgan fingerprint density at radius 2 is 1.92 bits per heavy atom. The second kappa shape index (κ2) is 6.70. The first-order valence-corrected chi connectivity index (χ1v) is 7.23. The van der Waals surface area contributed by atoms with Crippen LogP contribution in [0.3, 0.4) is 0 Å². The van der Waals surface area contributed by atoms with Crippen LogP contribution >= 0.6 is 0 Å². The minimum Gasteiger partial charge on any atom is -0.493 e. The van der Waals surface area contributed by atoms with Gasteiger partial charge in [-0.15, -0.1) is 0 Å². The number of carbonyl (C=O) groups excluding carboxylic acids is 1. The van der Waals surface area contributed by atoms with Crippen molar-refractivity contribution in [3.63, 3.8) is 0 Å². The van der Waals surface area contributed by atoms with Crippen molar-refractivity contribution in [2.45, 2.75) is 0 Å². The van der Waals surface area contributed by atoms with Crippen molar-refractivity contribution < 1.29 is 27.8 Å². The third kappa shape index (κ3) is 3.22. The van der Waals surface area contributed by atoms with Crippen LogP contribution in [0.1, 0.15) is 15.9 Å². The maximum absolute atomic E-state index is 13.2. The standard InChI is InChI=1S/C18H14F2O4/c1-22-16-8-11(9-17-18(16)24-7-6-23-17)2-5-15(21)12-3-4-13(19)14(20)10-12/h2-5,8-10H,6-7H2,1H3/b5-2+. The predicted molar refractivity (Wildman–Crippen MR) is 83.7 cm³/mol. The summed E-state index contributed by atoms with van der Waals surface area (Å²) < 4.78 is 42.4. The van der Waals surface area contributed by atoms with E-state index in [9.17, 15) is 13.6 Å². The van der Waals surface area contributed by atoms with Crippen LogP contribution in [-0.2, 0) is 0 Å². The van der Waals surface area contributed by atoms with Gasteiger partial charge in [0.1, 0.15) is 13.2 Å². The molecule has 24 heavy (non-hydrogen) atoms. The Kier molecular flexibility index (Phi) is 4.46. The van der Waals surface area contributed by atoms with Gasteiger partial charge in [-0.1, -0.05) is 6.08 Å². The summed E-state index contributed by atoms with van der Waals surface area (Å²) in [4.78, 5) is 12.1. The van der Waals surface area contributed by atoms with Crippen LogP contribution in [0.25, 0.3) is 6.08 Å². The maximum Gasteiger partial charge on any atom is 0.203 e. The lowest BCUT2D eigenvalue weighted by atomic mass is 10.1. The molecule has 0 atom stereocenters. The van der Waals surface area contributed by atoms with Crippen LogP contribution in [0.4, 0.5) is 8.78 Å². The van der Waals surface area contributed by atoms with Gasteiger partial charge in [-0.3, -0.25) is 4.79 Å². The molecule has 1 aliphatic rings. The van der Waals surface area contributed by atoms with Crippen LogP contribution in [0.5, 0.6) is 17.2 Å². The Balaban J connectivity index is 1.85. The molecule has 3 rings (SSSR count). The van der Waals surface area contributed by atoms with Crippen molar-refractivity contribution in [2.75, 3.05) is 20.3 Å². The van der Waals surface area contributed by atoms with E-state index in [-0.39, 0.29) is 5.56 Å². The van der Waals surface area contributed by atoms with Gasteiger partial charge in [0.15, 0.2) is 28.9 Å². The molecule has 0 aliphatic carbocycles. The molecule has 0 saturated carbocycles. The first kappa shape index (κ1) is 16.0. The summed E-state index contributed by atoms with van der Waals surface area (Å²) in [5, 5.41) is 0. The molecule has 0 saturated heterocycles. The lowest BCUT2D eigenvalue weighted by Crippen LogP contribution is -2.16. The van der Waals surface area contributed by atoms with Crippen LogP contribution in [-0.4, -0.2) is 26.1 Å². The number of ketones is 1. The molecule has 0 fully saturated rings. The monoisotopic (exact) mass is 332 g/mol. The highest BCUT2D eigenvalue weighted by Crippen LogP contribution is 2.40. The number of hydrogen-bond acceptors (Lipinski definition) is 4. The van der Waals surface area contributed by atoms with Crippen molar-refractivity contribution in [1.29, 1.82) is 0 Å². The summed E-state index contributed by atoms with van der Waals surface area (Å²) in [6.07, 6.45) is 2.82. The summed E-state index contributed by atoms with van der Waals surface area (Å²) in [5.74, 6) is -0.953. The van der Waals surface area contributed by atoms with E-state index < -0.39 is 17.4 Å². The fourth-order valence-electron chi connectivity index (χ4n) is 2.31. The van der Waals surface area contributed by atoms with Gasteiger partial charge in [0.25, 0.3) is 0 Å². The largest absolute Gasteiger partial charge is 0.493 e. The number of benzene rings is 2. The van der Waals surface area contributed by atoms with Gasteiger partial charge < -0.3 is 14.2 Å². The van der Waals surface area contributed by atoms with E-state index >= 15 is 0 Å². The maximum atomic E-state index is 13.2. The SMILES string of the molecule is COc1cc(/C=C/C(=O)c2ccc(F)c(F)c2)cc2c1OCCO2. The number of rotatable bonds is 4. The van der Waals surface area contributed by atoms with Crippen molar-refractivity contribution in [2.24, 2.45) is 0 Å². The lowest BCUT2D eigenvalue weighted by molar-refractivity contribution is 0.104. The lowest BCUT2D eigenvalue weighted by Gasteiger charge is -2.20. The highest BCUT2D eigenvalue weighted by atomic mass is 19.2. The minimum atomic E-state index is -1.06. The Hall–Kier alpha value is -2.89. The van der Waals surface area contributed by atoms with Crippen LogP contribution in [0.15, 0.2) is 36.4 Å². The number of ether oxygens (including phenoxy) is 3. The Labute approximate surface area is 137 Å². The van der Waals surface area contributed by atoms with Crippen molar-refractivity contribution >= 4 is 11.9 Å². The normalized spacial score (nSPS) is 13.1. The van der Waals surface area contributed by atoms with E-state index in [1.165, 1.54) is 19.3 Å². The molecule has 1 heterocycles. The zero-order valence-corrected chi connectivity index (χ0v) is 12.8. The molecule has 4 nitrogen and oxygen atoms in total. The van der Waals surface area contributed by atoms with Gasteiger partial charge in [0, 0.05) is 5.56 Å². The van der Waals surface area contributed by atoms with Crippen LogP contribution in [0, 0.1) is 11.6 Å². The van der Waals surface area contributed by atoms with Gasteiger partial charge in [-0.2, -0.15) is 0 Å². The number of allylic oxidation sites excluding steroid dienone is 1. The molecule has 124 valence electrons. The summed E-state index contributed by atoms with van der Waals surface area (Å²) in [7, 11) is 1.51. The second-order valence-corrected chi connectivity index (χ2v) is 5.07. The first-order valence-electron chi connectivity index (χ1n) is 7.23. The zero-order chi connectivity index (χ0) is 17.1. The number of halogens is 2. The summed E-state index contributed by atoms with van der Waals surface area (Å²) in [6, 6.07) is 6.43. The minimum absolute atomic E-state index is 0.0645. The Bertz CT molecular complexity index is 798. The van der Waals surface area contributed by atoms with Crippen molar-refractivity contribution in [3.8, 4) is 17.2 Å². The molecular weight excluding hydrogens is 318 g/mol. The van der Waals surface area contributed by atoms with Gasteiger partial charge in [0.2, 0.25) is 5.75 Å². The molecule has 6 heteroatoms. The molecule has 0 amide bonds. The highest BCUT2D eigenvalue weighted by Gasteiger charge is 2.18. The third-order valence-electron chi connectivity index (χ3n) is 3.48. The number of carbonyl (C=O) groups is 1. The van der Waals surface area contributed by atoms with E-state index in [0.29, 0.717) is 36.0 Å². The van der Waals surface area contributed by atoms with E-state index in [1.54, 1.807) is 18.2 Å². The first-order chi connectivity index (χ1) is 11.6. The second-order valence-electron chi connectivity index (χ2n) is 5.07. The van der Waals surface area contributed by atoms with E-state index in [2.05, 4.69) is 0 Å². The molecule has 0 aromatic heterocycles. The van der Waals surface area contributed by atoms with Crippen molar-refractivity contribution in [1.82, 2.24) is 0 Å². The molecule has 0 unspecified atom stereocenters. The van der Waals surface area contributed by atoms with Crippen LogP contribution < -0.4 is 14.2 Å². The topological polar surface area (TPSA) is 44.8 Å². The van der Waals surface area contributed by atoms with Gasteiger partial charge in [-0.25, -0.2) is 8.78 Å². The fourth-order valence-corrected chi connectivity index (χ4v) is 2.31. The van der Waals surface area contributed by atoms with Gasteiger partial charge in [-0.05, 0) is 42.0 Å². The molecule has 2 aromatic carbocycles. The van der Waals surface area contributed by atoms with E-state index in [0.717, 1.165) is 12.1 Å². The molecular formula is C18H14F2O4. The number of methoxy groups -OCH3 is 1. The smallest absolute Gasteiger partial charge is 0.203 e. The molecule has 1 aliphatic heterocycles. The Morgan fingerprint density at radius 3 is 2.67 bits per heavy atom. The third-order valence-corrected chi connectivity index (χ3v) is 3.48. The molecule has 0 bridgehead atoms. The van der Waals surface area contributed by atoms with Gasteiger partial charge >= 0.3 is 0 Å². The highest BCUT2D eigenvalue weighted by molar-refractivity contribution is 6.06. The van der Waals surface area contributed by atoms with Crippen molar-refractivity contribution in [3.05, 3.63) is 59.2 Å². The predicted octanol–water partition coefficient (Wildman–Crippen LogP) is 3.64. The number of hydrogen-bond donors (Lipinski definition) is 0. The summed E-state index contributed by atoms with van der Waals surface area (Å²) >= 11 is 0. The summed E-state index contributed by atoms with van der Waals surface area (Å²) in [6.45, 7) is 0.865. The molecule has 2 aromatic rings. The molecule has 0 spiro atoms. The molecule has 0 radical (unpaired) electrons. The zero-order valence-electron chi connectivity index (χ0n) is 12.8. The van der Waals surface area contributed by atoms with E-state index in [4.69, 9.17) is 14.2 Å².